The third kappa shape index (κ3) is 1.65. The normalized spacial score (nSPS) is 34.5. The van der Waals surface area contributed by atoms with Crippen molar-refractivity contribution in [1.82, 2.24) is 15.0 Å². The molecule has 0 aliphatic carbocycles. The standard InChI is InChI=1S/C16H17N3O3/c1-16(2)21-14-11-10(20-15(14)22-16)8-19-13(11)12(17-18-19)9-6-4-3-5-7-9/h3-7,10-11,14-15H,8H2,1-2H3. The van der Waals surface area contributed by atoms with Crippen LogP contribution in [-0.4, -0.2) is 39.3 Å². The van der Waals surface area contributed by atoms with Gasteiger partial charge < -0.3 is 14.2 Å². The summed E-state index contributed by atoms with van der Waals surface area (Å²) in [7, 11) is 0. The molecule has 0 radical (unpaired) electrons. The highest BCUT2D eigenvalue weighted by Crippen LogP contribution is 2.50. The molecule has 2 aromatic rings. The van der Waals surface area contributed by atoms with Crippen LogP contribution in [0.2, 0.25) is 0 Å². The van der Waals surface area contributed by atoms with E-state index in [1.807, 2.05) is 36.7 Å². The van der Waals surface area contributed by atoms with Crippen molar-refractivity contribution in [2.24, 2.45) is 0 Å². The van der Waals surface area contributed by atoms with E-state index in [4.69, 9.17) is 14.2 Å². The Morgan fingerprint density at radius 1 is 1.18 bits per heavy atom. The van der Waals surface area contributed by atoms with Crippen LogP contribution in [0.3, 0.4) is 0 Å². The first-order valence-corrected chi connectivity index (χ1v) is 7.62. The molecule has 3 aliphatic heterocycles. The van der Waals surface area contributed by atoms with Gasteiger partial charge >= 0.3 is 0 Å². The van der Waals surface area contributed by atoms with E-state index in [9.17, 15) is 0 Å². The number of ether oxygens (including phenoxy) is 3. The van der Waals surface area contributed by atoms with Crippen molar-refractivity contribution in [3.63, 3.8) is 0 Å². The summed E-state index contributed by atoms with van der Waals surface area (Å²) >= 11 is 0. The van der Waals surface area contributed by atoms with Gasteiger partial charge in [-0.15, -0.1) is 5.10 Å². The number of hydrogen-bond acceptors (Lipinski definition) is 5. The molecule has 114 valence electrons. The van der Waals surface area contributed by atoms with E-state index in [1.165, 1.54) is 0 Å². The van der Waals surface area contributed by atoms with Crippen LogP contribution in [0.5, 0.6) is 0 Å². The molecule has 6 nitrogen and oxygen atoms in total. The largest absolute Gasteiger partial charge is 0.344 e. The van der Waals surface area contributed by atoms with Gasteiger partial charge in [0.1, 0.15) is 11.8 Å². The summed E-state index contributed by atoms with van der Waals surface area (Å²) < 4.78 is 19.9. The minimum atomic E-state index is -0.603. The molecule has 1 aromatic carbocycles. The van der Waals surface area contributed by atoms with E-state index in [0.717, 1.165) is 17.0 Å². The molecular formula is C16H17N3O3. The zero-order valence-corrected chi connectivity index (χ0v) is 12.5. The molecule has 2 fully saturated rings. The van der Waals surface area contributed by atoms with Gasteiger partial charge in [0.2, 0.25) is 0 Å². The number of rotatable bonds is 1. The van der Waals surface area contributed by atoms with E-state index >= 15 is 0 Å². The molecule has 1 aromatic heterocycles. The SMILES string of the molecule is CC1(C)OC2OC3Cn4nnc(-c5ccccc5)c4C3C2O1. The monoisotopic (exact) mass is 299 g/mol. The van der Waals surface area contributed by atoms with Crippen molar-refractivity contribution in [3.8, 4) is 11.3 Å². The van der Waals surface area contributed by atoms with Gasteiger partial charge in [0.05, 0.1) is 24.3 Å². The number of nitrogens with zero attached hydrogens (tertiary/aromatic N) is 3. The first-order chi connectivity index (χ1) is 10.6. The lowest BCUT2D eigenvalue weighted by molar-refractivity contribution is -0.206. The second-order valence-corrected chi connectivity index (χ2v) is 6.54. The zero-order valence-electron chi connectivity index (χ0n) is 12.5. The third-order valence-electron chi connectivity index (χ3n) is 4.64. The summed E-state index contributed by atoms with van der Waals surface area (Å²) in [6.45, 7) is 4.55. The molecule has 2 saturated heterocycles. The first-order valence-electron chi connectivity index (χ1n) is 7.62. The van der Waals surface area contributed by atoms with Gasteiger partial charge in [-0.05, 0) is 13.8 Å². The van der Waals surface area contributed by atoms with E-state index < -0.39 is 5.79 Å². The van der Waals surface area contributed by atoms with Crippen LogP contribution < -0.4 is 0 Å². The highest BCUT2D eigenvalue weighted by atomic mass is 16.8. The van der Waals surface area contributed by atoms with E-state index in [-0.39, 0.29) is 24.4 Å². The Kier molecular flexibility index (Phi) is 2.41. The van der Waals surface area contributed by atoms with Gasteiger partial charge in [-0.3, -0.25) is 0 Å². The lowest BCUT2D eigenvalue weighted by Crippen LogP contribution is -2.27. The van der Waals surface area contributed by atoms with Crippen LogP contribution in [0.4, 0.5) is 0 Å². The second kappa shape index (κ2) is 4.16. The van der Waals surface area contributed by atoms with E-state index in [1.54, 1.807) is 0 Å². The molecule has 6 heteroatoms. The average Bonchev–Trinajstić information content (AvgIpc) is 3.16. The molecule has 0 N–H and O–H groups in total. The summed E-state index contributed by atoms with van der Waals surface area (Å²) in [5.41, 5.74) is 3.10. The van der Waals surface area contributed by atoms with Crippen LogP contribution in [0.15, 0.2) is 30.3 Å². The number of hydrogen-bond donors (Lipinski definition) is 0. The molecular weight excluding hydrogens is 282 g/mol. The zero-order chi connectivity index (χ0) is 14.9. The topological polar surface area (TPSA) is 58.4 Å². The Bertz CT molecular complexity index is 727. The maximum Gasteiger partial charge on any atom is 0.188 e. The summed E-state index contributed by atoms with van der Waals surface area (Å²) in [4.78, 5) is 0. The van der Waals surface area contributed by atoms with Crippen LogP contribution >= 0.6 is 0 Å². The smallest absolute Gasteiger partial charge is 0.188 e. The quantitative estimate of drug-likeness (QED) is 0.805. The van der Waals surface area contributed by atoms with Gasteiger partial charge in [0, 0.05) is 5.56 Å². The van der Waals surface area contributed by atoms with Gasteiger partial charge in [-0.1, -0.05) is 35.5 Å². The van der Waals surface area contributed by atoms with Crippen LogP contribution in [0.25, 0.3) is 11.3 Å². The molecule has 3 aliphatic rings. The van der Waals surface area contributed by atoms with Crippen molar-refractivity contribution in [3.05, 3.63) is 36.0 Å². The Hall–Kier alpha value is -1.76. The third-order valence-corrected chi connectivity index (χ3v) is 4.64. The fourth-order valence-electron chi connectivity index (χ4n) is 3.82. The molecule has 4 unspecified atom stereocenters. The van der Waals surface area contributed by atoms with Crippen molar-refractivity contribution < 1.29 is 14.2 Å². The molecule has 5 rings (SSSR count). The van der Waals surface area contributed by atoms with Gasteiger partial charge in [-0.2, -0.15) is 0 Å². The molecule has 0 amide bonds. The summed E-state index contributed by atoms with van der Waals surface area (Å²) in [6, 6.07) is 10.1. The lowest BCUT2D eigenvalue weighted by Gasteiger charge is -2.21. The van der Waals surface area contributed by atoms with Gasteiger partial charge in [0.25, 0.3) is 0 Å². The maximum absolute atomic E-state index is 6.09. The Morgan fingerprint density at radius 2 is 2.00 bits per heavy atom. The number of aromatic nitrogens is 3. The second-order valence-electron chi connectivity index (χ2n) is 6.54. The highest BCUT2D eigenvalue weighted by Gasteiger charge is 2.59. The highest BCUT2D eigenvalue weighted by molar-refractivity contribution is 5.63. The van der Waals surface area contributed by atoms with E-state index in [2.05, 4.69) is 22.4 Å². The molecule has 22 heavy (non-hydrogen) atoms. The Morgan fingerprint density at radius 3 is 2.82 bits per heavy atom. The van der Waals surface area contributed by atoms with Crippen molar-refractivity contribution in [1.29, 1.82) is 0 Å². The number of fused-ring (bicyclic) bond motifs is 5. The summed E-state index contributed by atoms with van der Waals surface area (Å²) in [5, 5.41) is 8.68. The predicted octanol–water partition coefficient (Wildman–Crippen LogP) is 1.92. The maximum atomic E-state index is 6.09. The van der Waals surface area contributed by atoms with Gasteiger partial charge in [0.15, 0.2) is 12.1 Å². The Labute approximate surface area is 128 Å². The van der Waals surface area contributed by atoms with Crippen molar-refractivity contribution in [2.75, 3.05) is 0 Å². The number of benzene rings is 1. The summed E-state index contributed by atoms with van der Waals surface area (Å²) in [5.74, 6) is -0.481. The Balaban J connectivity index is 1.59. The lowest BCUT2D eigenvalue weighted by atomic mass is 9.94. The first kappa shape index (κ1) is 12.8. The van der Waals surface area contributed by atoms with Crippen molar-refractivity contribution in [2.45, 2.75) is 50.6 Å². The minimum Gasteiger partial charge on any atom is -0.344 e. The van der Waals surface area contributed by atoms with Gasteiger partial charge in [-0.25, -0.2) is 4.68 Å². The molecule has 4 heterocycles. The molecule has 0 saturated carbocycles. The fraction of sp³-hybridized carbons (Fsp3) is 0.500. The average molecular weight is 299 g/mol. The fourth-order valence-corrected chi connectivity index (χ4v) is 3.82. The van der Waals surface area contributed by atoms with Crippen LogP contribution in [-0.2, 0) is 20.8 Å². The molecule has 4 atom stereocenters. The summed E-state index contributed by atoms with van der Waals surface area (Å²) in [6.07, 6.45) is -0.335. The van der Waals surface area contributed by atoms with E-state index in [0.29, 0.717) is 6.54 Å². The van der Waals surface area contributed by atoms with Crippen molar-refractivity contribution >= 4 is 0 Å². The molecule has 0 spiro atoms. The van der Waals surface area contributed by atoms with Crippen LogP contribution in [0.1, 0.15) is 25.5 Å². The van der Waals surface area contributed by atoms with Crippen LogP contribution in [0, 0.1) is 0 Å². The predicted molar refractivity (Wildman–Crippen MR) is 76.9 cm³/mol. The minimum absolute atomic E-state index is 0.0547. The molecule has 0 bridgehead atoms.